The minimum absolute atomic E-state index is 0.0403. The number of benzene rings is 1. The molecule has 0 radical (unpaired) electrons. The predicted octanol–water partition coefficient (Wildman–Crippen LogP) is 2.11. The summed E-state index contributed by atoms with van der Waals surface area (Å²) >= 11 is 0. The molecule has 1 aliphatic rings. The topological polar surface area (TPSA) is 58.2 Å². The van der Waals surface area contributed by atoms with Gasteiger partial charge in [0.15, 0.2) is 0 Å². The fourth-order valence-corrected chi connectivity index (χ4v) is 2.70. The second-order valence-electron chi connectivity index (χ2n) is 5.58. The average Bonchev–Trinajstić information content (AvgIpc) is 2.46. The predicted molar refractivity (Wildman–Crippen MR) is 78.3 cm³/mol. The van der Waals surface area contributed by atoms with Gasteiger partial charge in [-0.15, -0.1) is 0 Å². The van der Waals surface area contributed by atoms with Gasteiger partial charge in [0, 0.05) is 11.6 Å². The molecule has 1 aliphatic carbocycles. The van der Waals surface area contributed by atoms with Crippen molar-refractivity contribution in [1.29, 1.82) is 0 Å². The van der Waals surface area contributed by atoms with Crippen molar-refractivity contribution in [2.24, 2.45) is 5.92 Å². The van der Waals surface area contributed by atoms with Gasteiger partial charge in [-0.1, -0.05) is 38.0 Å². The van der Waals surface area contributed by atoms with E-state index in [-0.39, 0.29) is 24.4 Å². The molecule has 4 heteroatoms. The lowest BCUT2D eigenvalue weighted by molar-refractivity contribution is -0.121. The van der Waals surface area contributed by atoms with E-state index in [4.69, 9.17) is 0 Å². The van der Waals surface area contributed by atoms with Crippen LogP contribution in [0.5, 0.6) is 0 Å². The summed E-state index contributed by atoms with van der Waals surface area (Å²) in [6.45, 7) is 2.26. The molecule has 4 nitrogen and oxygen atoms in total. The average molecular weight is 274 g/mol. The Bertz CT molecular complexity index is 459. The van der Waals surface area contributed by atoms with Crippen LogP contribution in [0.25, 0.3) is 0 Å². The summed E-state index contributed by atoms with van der Waals surface area (Å²) in [5, 5.41) is 5.65. The third-order valence-corrected chi connectivity index (χ3v) is 3.75. The lowest BCUT2D eigenvalue weighted by atomic mass is 9.87. The van der Waals surface area contributed by atoms with Crippen molar-refractivity contribution in [3.63, 3.8) is 0 Å². The molecule has 1 fully saturated rings. The molecule has 0 aromatic heterocycles. The van der Waals surface area contributed by atoms with E-state index in [0.29, 0.717) is 11.5 Å². The van der Waals surface area contributed by atoms with Crippen molar-refractivity contribution in [1.82, 2.24) is 10.6 Å². The molecule has 0 bridgehead atoms. The first-order valence-corrected chi connectivity index (χ1v) is 7.28. The van der Waals surface area contributed by atoms with E-state index < -0.39 is 0 Å². The van der Waals surface area contributed by atoms with Crippen LogP contribution in [0, 0.1) is 5.92 Å². The van der Waals surface area contributed by atoms with Gasteiger partial charge in [-0.2, -0.15) is 0 Å². The monoisotopic (exact) mass is 274 g/mol. The Hall–Kier alpha value is -1.84. The van der Waals surface area contributed by atoms with Crippen LogP contribution in [0.15, 0.2) is 30.3 Å². The Morgan fingerprint density at radius 3 is 2.65 bits per heavy atom. The third kappa shape index (κ3) is 4.37. The molecular weight excluding hydrogens is 252 g/mol. The molecule has 0 spiro atoms. The normalized spacial score (nSPS) is 22.1. The summed E-state index contributed by atoms with van der Waals surface area (Å²) in [7, 11) is 0. The van der Waals surface area contributed by atoms with Gasteiger partial charge in [0.1, 0.15) is 0 Å². The Labute approximate surface area is 119 Å². The van der Waals surface area contributed by atoms with Gasteiger partial charge >= 0.3 is 0 Å². The maximum atomic E-state index is 11.8. The molecule has 0 saturated heterocycles. The summed E-state index contributed by atoms with van der Waals surface area (Å²) in [4.78, 5) is 23.6. The molecule has 2 atom stereocenters. The fourth-order valence-electron chi connectivity index (χ4n) is 2.70. The van der Waals surface area contributed by atoms with E-state index >= 15 is 0 Å². The molecule has 1 aromatic rings. The van der Waals surface area contributed by atoms with Crippen molar-refractivity contribution in [2.45, 2.75) is 38.6 Å². The molecule has 1 aromatic carbocycles. The zero-order valence-electron chi connectivity index (χ0n) is 11.9. The van der Waals surface area contributed by atoms with E-state index in [1.54, 1.807) is 24.3 Å². The van der Waals surface area contributed by atoms with Gasteiger partial charge in [0.05, 0.1) is 6.54 Å². The largest absolute Gasteiger partial charge is 0.352 e. The van der Waals surface area contributed by atoms with Crippen molar-refractivity contribution in [3.05, 3.63) is 35.9 Å². The second-order valence-corrected chi connectivity index (χ2v) is 5.58. The van der Waals surface area contributed by atoms with Crippen LogP contribution in [-0.4, -0.2) is 24.4 Å². The molecule has 20 heavy (non-hydrogen) atoms. The third-order valence-electron chi connectivity index (χ3n) is 3.75. The molecule has 2 amide bonds. The van der Waals surface area contributed by atoms with Crippen molar-refractivity contribution in [2.75, 3.05) is 6.54 Å². The van der Waals surface area contributed by atoms with Crippen LogP contribution < -0.4 is 10.6 Å². The summed E-state index contributed by atoms with van der Waals surface area (Å²) < 4.78 is 0. The summed E-state index contributed by atoms with van der Waals surface area (Å²) in [6, 6.07) is 9.19. The van der Waals surface area contributed by atoms with Crippen LogP contribution >= 0.6 is 0 Å². The van der Waals surface area contributed by atoms with Gasteiger partial charge < -0.3 is 10.6 Å². The molecule has 0 aliphatic heterocycles. The number of rotatable bonds is 4. The SMILES string of the molecule is CC1CCCC(NC(=O)CNC(=O)c2ccccc2)C1. The first-order chi connectivity index (χ1) is 9.65. The number of hydrogen-bond acceptors (Lipinski definition) is 2. The summed E-state index contributed by atoms with van der Waals surface area (Å²) in [6.07, 6.45) is 4.50. The molecule has 1 saturated carbocycles. The number of carbonyl (C=O) groups excluding carboxylic acids is 2. The van der Waals surface area contributed by atoms with Gasteiger partial charge in [-0.25, -0.2) is 0 Å². The maximum absolute atomic E-state index is 11.8. The fraction of sp³-hybridized carbons (Fsp3) is 0.500. The Balaban J connectivity index is 1.73. The zero-order chi connectivity index (χ0) is 14.4. The van der Waals surface area contributed by atoms with Crippen LogP contribution in [0.3, 0.4) is 0 Å². The van der Waals surface area contributed by atoms with Gasteiger partial charge in [0.2, 0.25) is 5.91 Å². The standard InChI is InChI=1S/C16H22N2O2/c1-12-6-5-9-14(10-12)18-15(19)11-17-16(20)13-7-3-2-4-8-13/h2-4,7-8,12,14H,5-6,9-11H2,1H3,(H,17,20)(H,18,19). The zero-order valence-corrected chi connectivity index (χ0v) is 11.9. The van der Waals surface area contributed by atoms with E-state index in [9.17, 15) is 9.59 Å². The highest BCUT2D eigenvalue weighted by Gasteiger charge is 2.20. The van der Waals surface area contributed by atoms with E-state index in [1.807, 2.05) is 6.07 Å². The van der Waals surface area contributed by atoms with E-state index in [0.717, 1.165) is 12.8 Å². The van der Waals surface area contributed by atoms with Gasteiger partial charge in [-0.3, -0.25) is 9.59 Å². The molecular formula is C16H22N2O2. The highest BCUT2D eigenvalue weighted by Crippen LogP contribution is 2.23. The van der Waals surface area contributed by atoms with Crippen molar-refractivity contribution in [3.8, 4) is 0 Å². The minimum atomic E-state index is -0.210. The highest BCUT2D eigenvalue weighted by atomic mass is 16.2. The highest BCUT2D eigenvalue weighted by molar-refractivity contribution is 5.96. The summed E-state index contributed by atoms with van der Waals surface area (Å²) in [5.74, 6) is 0.360. The lowest BCUT2D eigenvalue weighted by Crippen LogP contribution is -2.43. The number of hydrogen-bond donors (Lipinski definition) is 2. The number of nitrogens with one attached hydrogen (secondary N) is 2. The Morgan fingerprint density at radius 1 is 1.20 bits per heavy atom. The molecule has 2 N–H and O–H groups in total. The first kappa shape index (κ1) is 14.6. The quantitative estimate of drug-likeness (QED) is 0.883. The van der Waals surface area contributed by atoms with E-state index in [1.165, 1.54) is 12.8 Å². The first-order valence-electron chi connectivity index (χ1n) is 7.28. The van der Waals surface area contributed by atoms with Crippen LogP contribution in [-0.2, 0) is 4.79 Å². The Morgan fingerprint density at radius 2 is 1.95 bits per heavy atom. The van der Waals surface area contributed by atoms with E-state index in [2.05, 4.69) is 17.6 Å². The maximum Gasteiger partial charge on any atom is 0.251 e. The Kier molecular flexibility index (Phi) is 5.16. The molecule has 108 valence electrons. The number of amides is 2. The molecule has 2 rings (SSSR count). The smallest absolute Gasteiger partial charge is 0.251 e. The van der Waals surface area contributed by atoms with Crippen LogP contribution in [0.1, 0.15) is 43.0 Å². The number of carbonyl (C=O) groups is 2. The second kappa shape index (κ2) is 7.08. The van der Waals surface area contributed by atoms with Crippen LogP contribution in [0.2, 0.25) is 0 Å². The van der Waals surface area contributed by atoms with Gasteiger partial charge in [0.25, 0.3) is 5.91 Å². The molecule has 0 heterocycles. The minimum Gasteiger partial charge on any atom is -0.352 e. The van der Waals surface area contributed by atoms with Crippen molar-refractivity contribution >= 4 is 11.8 Å². The van der Waals surface area contributed by atoms with Crippen LogP contribution in [0.4, 0.5) is 0 Å². The van der Waals surface area contributed by atoms with Crippen molar-refractivity contribution < 1.29 is 9.59 Å². The molecule has 2 unspecified atom stereocenters. The summed E-state index contributed by atoms with van der Waals surface area (Å²) in [5.41, 5.74) is 0.576. The van der Waals surface area contributed by atoms with Gasteiger partial charge in [-0.05, 0) is 30.9 Å². The lowest BCUT2D eigenvalue weighted by Gasteiger charge is -2.27.